The molecule has 0 aliphatic carbocycles. The van der Waals surface area contributed by atoms with Gasteiger partial charge in [0.05, 0.1) is 27.3 Å². The van der Waals surface area contributed by atoms with Crippen LogP contribution in [-0.4, -0.2) is 80.1 Å². The van der Waals surface area contributed by atoms with Crippen LogP contribution in [0.3, 0.4) is 0 Å². The highest BCUT2D eigenvalue weighted by Crippen LogP contribution is 2.19. The third kappa shape index (κ3) is 6.24. The first-order valence-corrected chi connectivity index (χ1v) is 12.0. The Bertz CT molecular complexity index is 991. The molecule has 12 heteroatoms. The normalized spacial score (nSPS) is 14.8. The van der Waals surface area contributed by atoms with E-state index in [0.717, 1.165) is 9.26 Å². The molecule has 11 nitrogen and oxygen atoms in total. The molecule has 0 saturated carbocycles. The van der Waals surface area contributed by atoms with Crippen molar-refractivity contribution in [2.24, 2.45) is 0 Å². The van der Waals surface area contributed by atoms with E-state index in [1.54, 1.807) is 46.1 Å². The fourth-order valence-corrected chi connectivity index (χ4v) is 3.97. The van der Waals surface area contributed by atoms with Crippen LogP contribution >= 0.6 is 22.6 Å². The zero-order chi connectivity index (χ0) is 24.1. The van der Waals surface area contributed by atoms with Crippen molar-refractivity contribution in [2.45, 2.75) is 46.7 Å². The highest BCUT2D eigenvalue weighted by atomic mass is 127. The summed E-state index contributed by atoms with van der Waals surface area (Å²) >= 11 is 2.21. The van der Waals surface area contributed by atoms with Gasteiger partial charge in [0.2, 0.25) is 11.8 Å². The molecule has 1 fully saturated rings. The third-order valence-corrected chi connectivity index (χ3v) is 6.58. The molecule has 0 spiro atoms. The summed E-state index contributed by atoms with van der Waals surface area (Å²) in [4.78, 5) is 40.6. The van der Waals surface area contributed by atoms with Crippen LogP contribution in [0.4, 0.5) is 10.5 Å². The van der Waals surface area contributed by atoms with Gasteiger partial charge in [-0.2, -0.15) is 10.2 Å². The average Bonchev–Trinajstić information content (AvgIpc) is 3.32. The highest BCUT2D eigenvalue weighted by Gasteiger charge is 2.29. The molecule has 2 aromatic heterocycles. The molecule has 0 aromatic carbocycles. The van der Waals surface area contributed by atoms with Gasteiger partial charge in [0, 0.05) is 51.5 Å². The minimum absolute atomic E-state index is 0.0810. The van der Waals surface area contributed by atoms with E-state index >= 15 is 0 Å². The van der Waals surface area contributed by atoms with Gasteiger partial charge in [-0.05, 0) is 50.3 Å². The Balaban J connectivity index is 1.53. The Morgan fingerprint density at radius 1 is 1.09 bits per heavy atom. The number of aromatic nitrogens is 4. The van der Waals surface area contributed by atoms with Crippen LogP contribution in [0.15, 0.2) is 12.4 Å². The molecule has 1 atom stereocenters. The number of amides is 3. The van der Waals surface area contributed by atoms with Crippen molar-refractivity contribution >= 4 is 46.2 Å². The van der Waals surface area contributed by atoms with E-state index in [1.807, 2.05) is 13.1 Å². The topological polar surface area (TPSA) is 115 Å². The molecule has 33 heavy (non-hydrogen) atoms. The number of hydrogen-bond acceptors (Lipinski definition) is 6. The van der Waals surface area contributed by atoms with Crippen molar-refractivity contribution in [2.75, 3.05) is 38.1 Å². The van der Waals surface area contributed by atoms with E-state index in [9.17, 15) is 14.4 Å². The lowest BCUT2D eigenvalue weighted by Crippen LogP contribution is -2.52. The number of carbonyl (C=O) groups excluding carboxylic acids is 3. The molecule has 2 aromatic rings. The first-order chi connectivity index (χ1) is 15.7. The molecule has 0 bridgehead atoms. The molecule has 1 saturated heterocycles. The van der Waals surface area contributed by atoms with Crippen LogP contribution in [0.5, 0.6) is 0 Å². The summed E-state index contributed by atoms with van der Waals surface area (Å²) in [5.74, 6) is -0.225. The number of nitrogens with one attached hydrogen (secondary N) is 1. The number of hydrogen-bond donors (Lipinski definition) is 1. The lowest BCUT2D eigenvalue weighted by Gasteiger charge is -2.35. The van der Waals surface area contributed by atoms with E-state index < -0.39 is 6.04 Å². The summed E-state index contributed by atoms with van der Waals surface area (Å²) in [6.45, 7) is 9.83. The second kappa shape index (κ2) is 11.0. The molecule has 3 amide bonds. The quantitative estimate of drug-likeness (QED) is 0.510. The Hall–Kier alpha value is -2.64. The molecule has 1 N–H and O–H groups in total. The van der Waals surface area contributed by atoms with Gasteiger partial charge in [0.25, 0.3) is 0 Å². The van der Waals surface area contributed by atoms with Crippen molar-refractivity contribution in [1.82, 2.24) is 29.4 Å². The van der Waals surface area contributed by atoms with Crippen molar-refractivity contribution in [3.63, 3.8) is 0 Å². The summed E-state index contributed by atoms with van der Waals surface area (Å²) in [7, 11) is 0. The molecule has 0 radical (unpaired) electrons. The fourth-order valence-electron chi connectivity index (χ4n) is 3.54. The molecule has 3 heterocycles. The highest BCUT2D eigenvalue weighted by molar-refractivity contribution is 14.1. The summed E-state index contributed by atoms with van der Waals surface area (Å²) in [6.07, 6.45) is 3.53. The van der Waals surface area contributed by atoms with E-state index in [4.69, 9.17) is 4.74 Å². The Kier molecular flexibility index (Phi) is 8.32. The standard InChI is InChI=1S/C21H30IN7O4/c1-5-33-21(32)27-10-8-26(9-11-27)20(31)16(4)29-13-18(15(3)25-29)23-19(30)6-7-28-12-17(22)14(2)24-28/h12-13,16H,5-11H2,1-4H3,(H,23,30). The van der Waals surface area contributed by atoms with Gasteiger partial charge in [-0.15, -0.1) is 0 Å². The van der Waals surface area contributed by atoms with Crippen LogP contribution in [0.2, 0.25) is 0 Å². The maximum absolute atomic E-state index is 13.0. The second-order valence-electron chi connectivity index (χ2n) is 7.92. The smallest absolute Gasteiger partial charge is 0.409 e. The van der Waals surface area contributed by atoms with E-state index in [0.29, 0.717) is 50.7 Å². The number of anilines is 1. The number of aryl methyl sites for hydroxylation is 3. The Morgan fingerprint density at radius 3 is 2.36 bits per heavy atom. The van der Waals surface area contributed by atoms with Crippen LogP contribution in [0, 0.1) is 17.4 Å². The number of rotatable bonds is 7. The molecular formula is C21H30IN7O4. The van der Waals surface area contributed by atoms with Crippen molar-refractivity contribution in [3.05, 3.63) is 27.4 Å². The number of ether oxygens (including phenoxy) is 1. The predicted molar refractivity (Wildman–Crippen MR) is 130 cm³/mol. The largest absolute Gasteiger partial charge is 0.450 e. The summed E-state index contributed by atoms with van der Waals surface area (Å²) in [5.41, 5.74) is 2.16. The van der Waals surface area contributed by atoms with Gasteiger partial charge in [0.15, 0.2) is 0 Å². The Labute approximate surface area is 206 Å². The first-order valence-electron chi connectivity index (χ1n) is 10.9. The van der Waals surface area contributed by atoms with Gasteiger partial charge < -0.3 is 19.9 Å². The lowest BCUT2D eigenvalue weighted by atomic mass is 10.2. The van der Waals surface area contributed by atoms with Crippen molar-refractivity contribution in [3.8, 4) is 0 Å². The number of halogens is 1. The molecule has 1 aliphatic heterocycles. The first kappa shape index (κ1) is 25.0. The zero-order valence-corrected chi connectivity index (χ0v) is 21.5. The zero-order valence-electron chi connectivity index (χ0n) is 19.4. The SMILES string of the molecule is CCOC(=O)N1CCN(C(=O)C(C)n2cc(NC(=O)CCn3cc(I)c(C)n3)c(C)n2)CC1. The number of piperazine rings is 1. The van der Waals surface area contributed by atoms with Crippen LogP contribution in [-0.2, 0) is 20.9 Å². The average molecular weight is 571 g/mol. The minimum Gasteiger partial charge on any atom is -0.450 e. The summed E-state index contributed by atoms with van der Waals surface area (Å²) in [6, 6.07) is -0.530. The van der Waals surface area contributed by atoms with E-state index in [2.05, 4.69) is 38.1 Å². The fraction of sp³-hybridized carbons (Fsp3) is 0.571. The minimum atomic E-state index is -0.530. The van der Waals surface area contributed by atoms with E-state index in [-0.39, 0.29) is 24.3 Å². The summed E-state index contributed by atoms with van der Waals surface area (Å²) < 4.78 is 9.41. The van der Waals surface area contributed by atoms with Crippen LogP contribution < -0.4 is 5.32 Å². The maximum atomic E-state index is 13.0. The molecular weight excluding hydrogens is 541 g/mol. The van der Waals surface area contributed by atoms with Gasteiger partial charge >= 0.3 is 6.09 Å². The summed E-state index contributed by atoms with van der Waals surface area (Å²) in [5, 5.41) is 11.7. The number of carbonyl (C=O) groups is 3. The van der Waals surface area contributed by atoms with Crippen molar-refractivity contribution in [1.29, 1.82) is 0 Å². The van der Waals surface area contributed by atoms with Gasteiger partial charge in [-0.1, -0.05) is 0 Å². The van der Waals surface area contributed by atoms with Crippen molar-refractivity contribution < 1.29 is 19.1 Å². The van der Waals surface area contributed by atoms with Crippen LogP contribution in [0.25, 0.3) is 0 Å². The third-order valence-electron chi connectivity index (χ3n) is 5.52. The second-order valence-corrected chi connectivity index (χ2v) is 9.08. The van der Waals surface area contributed by atoms with Gasteiger partial charge in [-0.25, -0.2) is 4.79 Å². The van der Waals surface area contributed by atoms with Gasteiger partial charge in [0.1, 0.15) is 6.04 Å². The van der Waals surface area contributed by atoms with Gasteiger partial charge in [-0.3, -0.25) is 19.0 Å². The lowest BCUT2D eigenvalue weighted by molar-refractivity contribution is -0.136. The molecule has 180 valence electrons. The molecule has 3 rings (SSSR count). The monoisotopic (exact) mass is 571 g/mol. The maximum Gasteiger partial charge on any atom is 0.409 e. The van der Waals surface area contributed by atoms with Crippen LogP contribution in [0.1, 0.15) is 37.7 Å². The predicted octanol–water partition coefficient (Wildman–Crippen LogP) is 2.19. The van der Waals surface area contributed by atoms with E-state index in [1.165, 1.54) is 0 Å². The Morgan fingerprint density at radius 2 is 1.76 bits per heavy atom. The molecule has 1 unspecified atom stereocenters. The number of nitrogens with zero attached hydrogens (tertiary/aromatic N) is 6. The molecule has 1 aliphatic rings.